The molecule has 0 saturated carbocycles. The number of hydrogen-bond donors (Lipinski definition) is 0. The molecule has 0 aromatic carbocycles. The standard InChI is InChI=1S/C18H28N4O3/c1-5-22-15(10-14(19-22)9-13(2)3)16(23)21-8-6-7-18(12-21)11-20(4)17(24)25-18/h10,13H,5-9,11-12H2,1-4H3/t18-/m1/s1. The number of carbonyl (C=O) groups is 2. The molecule has 3 rings (SSSR count). The third kappa shape index (κ3) is 3.50. The summed E-state index contributed by atoms with van der Waals surface area (Å²) in [6, 6.07) is 1.92. The molecule has 138 valence electrons. The highest BCUT2D eigenvalue weighted by atomic mass is 16.6. The van der Waals surface area contributed by atoms with Gasteiger partial charge in [-0.05, 0) is 38.2 Å². The van der Waals surface area contributed by atoms with Crippen LogP contribution in [-0.2, 0) is 17.7 Å². The predicted octanol–water partition coefficient (Wildman–Crippen LogP) is 2.16. The Hall–Kier alpha value is -2.05. The van der Waals surface area contributed by atoms with E-state index in [0.29, 0.717) is 37.8 Å². The molecule has 0 radical (unpaired) electrons. The average Bonchev–Trinajstić information content (AvgIpc) is 3.07. The van der Waals surface area contributed by atoms with Crippen molar-refractivity contribution in [2.45, 2.75) is 52.2 Å². The molecule has 3 heterocycles. The van der Waals surface area contributed by atoms with Gasteiger partial charge in [0.2, 0.25) is 0 Å². The van der Waals surface area contributed by atoms with Gasteiger partial charge in [-0.3, -0.25) is 9.48 Å². The summed E-state index contributed by atoms with van der Waals surface area (Å²) in [4.78, 5) is 28.3. The smallest absolute Gasteiger partial charge is 0.410 e. The number of rotatable bonds is 4. The van der Waals surface area contributed by atoms with Crippen LogP contribution in [0.25, 0.3) is 0 Å². The average molecular weight is 348 g/mol. The maximum absolute atomic E-state index is 13.1. The minimum atomic E-state index is -0.558. The number of nitrogens with zero attached hydrogens (tertiary/aromatic N) is 4. The highest BCUT2D eigenvalue weighted by Crippen LogP contribution is 2.32. The van der Waals surface area contributed by atoms with Gasteiger partial charge in [0.15, 0.2) is 0 Å². The topological polar surface area (TPSA) is 67.7 Å². The lowest BCUT2D eigenvalue weighted by atomic mass is 9.92. The van der Waals surface area contributed by atoms with Crippen LogP contribution in [0.3, 0.4) is 0 Å². The first-order valence-corrected chi connectivity index (χ1v) is 9.13. The van der Waals surface area contributed by atoms with Crippen LogP contribution in [0.5, 0.6) is 0 Å². The number of ether oxygens (including phenoxy) is 1. The number of carbonyl (C=O) groups excluding carboxylic acids is 2. The minimum Gasteiger partial charge on any atom is -0.439 e. The van der Waals surface area contributed by atoms with Gasteiger partial charge in [0.05, 0.1) is 18.8 Å². The molecular weight excluding hydrogens is 320 g/mol. The molecule has 0 unspecified atom stereocenters. The Kier molecular flexibility index (Phi) is 4.75. The van der Waals surface area contributed by atoms with E-state index in [-0.39, 0.29) is 12.0 Å². The number of aryl methyl sites for hydroxylation is 1. The Morgan fingerprint density at radius 1 is 1.40 bits per heavy atom. The van der Waals surface area contributed by atoms with Crippen molar-refractivity contribution in [1.29, 1.82) is 0 Å². The Balaban J connectivity index is 1.78. The molecule has 2 amide bonds. The summed E-state index contributed by atoms with van der Waals surface area (Å²) in [6.45, 7) is 8.63. The highest BCUT2D eigenvalue weighted by Gasteiger charge is 2.47. The largest absolute Gasteiger partial charge is 0.439 e. The van der Waals surface area contributed by atoms with E-state index in [1.54, 1.807) is 16.6 Å². The third-order valence-electron chi connectivity index (χ3n) is 4.93. The van der Waals surface area contributed by atoms with Gasteiger partial charge in [-0.15, -0.1) is 0 Å². The molecule has 2 aliphatic heterocycles. The lowest BCUT2D eigenvalue weighted by molar-refractivity contribution is -0.00561. The van der Waals surface area contributed by atoms with Gasteiger partial charge in [-0.2, -0.15) is 5.10 Å². The Bertz CT molecular complexity index is 669. The molecule has 1 spiro atoms. The Morgan fingerprint density at radius 2 is 2.16 bits per heavy atom. The Morgan fingerprint density at radius 3 is 2.76 bits per heavy atom. The van der Waals surface area contributed by atoms with Crippen LogP contribution in [0.4, 0.5) is 4.79 Å². The van der Waals surface area contributed by atoms with Crippen LogP contribution in [0, 0.1) is 5.92 Å². The molecule has 7 heteroatoms. The van der Waals surface area contributed by atoms with Crippen molar-refractivity contribution < 1.29 is 14.3 Å². The van der Waals surface area contributed by atoms with Crippen LogP contribution in [0.1, 0.15) is 49.8 Å². The number of piperidine rings is 1. The predicted molar refractivity (Wildman–Crippen MR) is 93.4 cm³/mol. The minimum absolute atomic E-state index is 0.0194. The number of amides is 2. The fourth-order valence-corrected chi connectivity index (χ4v) is 3.84. The summed E-state index contributed by atoms with van der Waals surface area (Å²) in [7, 11) is 1.74. The normalized spacial score (nSPS) is 23.6. The monoisotopic (exact) mass is 348 g/mol. The summed E-state index contributed by atoms with van der Waals surface area (Å²) in [5.41, 5.74) is 1.03. The first-order chi connectivity index (χ1) is 11.8. The molecule has 0 N–H and O–H groups in total. The maximum atomic E-state index is 13.1. The lowest BCUT2D eigenvalue weighted by Gasteiger charge is -2.38. The van der Waals surface area contributed by atoms with Gasteiger partial charge in [0.1, 0.15) is 11.3 Å². The lowest BCUT2D eigenvalue weighted by Crippen LogP contribution is -2.52. The van der Waals surface area contributed by atoms with E-state index in [1.165, 1.54) is 0 Å². The van der Waals surface area contributed by atoms with E-state index in [2.05, 4.69) is 18.9 Å². The van der Waals surface area contributed by atoms with Crippen LogP contribution in [0.2, 0.25) is 0 Å². The molecule has 25 heavy (non-hydrogen) atoms. The third-order valence-corrected chi connectivity index (χ3v) is 4.93. The van der Waals surface area contributed by atoms with E-state index in [0.717, 1.165) is 25.0 Å². The van der Waals surface area contributed by atoms with E-state index in [4.69, 9.17) is 4.74 Å². The zero-order valence-electron chi connectivity index (χ0n) is 15.6. The fourth-order valence-electron chi connectivity index (χ4n) is 3.84. The second kappa shape index (κ2) is 6.69. The van der Waals surface area contributed by atoms with Gasteiger partial charge in [0, 0.05) is 20.1 Å². The Labute approximate surface area is 148 Å². The van der Waals surface area contributed by atoms with Gasteiger partial charge >= 0.3 is 6.09 Å². The summed E-state index contributed by atoms with van der Waals surface area (Å²) in [5, 5.41) is 4.57. The van der Waals surface area contributed by atoms with E-state index in [1.807, 2.05) is 17.9 Å². The second-order valence-electron chi connectivity index (χ2n) is 7.67. The summed E-state index contributed by atoms with van der Waals surface area (Å²) >= 11 is 0. The van der Waals surface area contributed by atoms with Crippen molar-refractivity contribution in [1.82, 2.24) is 19.6 Å². The van der Waals surface area contributed by atoms with E-state index >= 15 is 0 Å². The summed E-state index contributed by atoms with van der Waals surface area (Å²) < 4.78 is 7.39. The van der Waals surface area contributed by atoms with Crippen molar-refractivity contribution in [2.75, 3.05) is 26.7 Å². The maximum Gasteiger partial charge on any atom is 0.410 e. The quantitative estimate of drug-likeness (QED) is 0.836. The van der Waals surface area contributed by atoms with Gasteiger partial charge in [0.25, 0.3) is 5.91 Å². The van der Waals surface area contributed by atoms with Crippen molar-refractivity contribution in [2.24, 2.45) is 5.92 Å². The van der Waals surface area contributed by atoms with Crippen LogP contribution < -0.4 is 0 Å². The summed E-state index contributed by atoms with van der Waals surface area (Å²) in [5.74, 6) is 0.476. The van der Waals surface area contributed by atoms with Crippen LogP contribution >= 0.6 is 0 Å². The van der Waals surface area contributed by atoms with Crippen LogP contribution in [0.15, 0.2) is 6.07 Å². The number of likely N-dealkylation sites (tertiary alicyclic amines) is 1. The van der Waals surface area contributed by atoms with Crippen LogP contribution in [-0.4, -0.2) is 63.9 Å². The zero-order valence-corrected chi connectivity index (χ0v) is 15.6. The van der Waals surface area contributed by atoms with Crippen molar-refractivity contribution in [3.8, 4) is 0 Å². The van der Waals surface area contributed by atoms with Gasteiger partial charge in [-0.1, -0.05) is 13.8 Å². The van der Waals surface area contributed by atoms with Gasteiger partial charge in [-0.25, -0.2) is 4.79 Å². The molecule has 1 atom stereocenters. The molecule has 2 aliphatic rings. The number of aromatic nitrogens is 2. The highest BCUT2D eigenvalue weighted by molar-refractivity contribution is 5.93. The molecule has 7 nitrogen and oxygen atoms in total. The zero-order chi connectivity index (χ0) is 18.2. The fraction of sp³-hybridized carbons (Fsp3) is 0.722. The van der Waals surface area contributed by atoms with E-state index in [9.17, 15) is 9.59 Å². The van der Waals surface area contributed by atoms with Crippen molar-refractivity contribution in [3.05, 3.63) is 17.5 Å². The van der Waals surface area contributed by atoms with Crippen molar-refractivity contribution in [3.63, 3.8) is 0 Å². The van der Waals surface area contributed by atoms with E-state index < -0.39 is 5.60 Å². The first-order valence-electron chi connectivity index (χ1n) is 9.13. The number of hydrogen-bond acceptors (Lipinski definition) is 4. The molecule has 2 fully saturated rings. The summed E-state index contributed by atoms with van der Waals surface area (Å²) in [6.07, 6.45) is 2.21. The second-order valence-corrected chi connectivity index (χ2v) is 7.67. The SMILES string of the molecule is CCn1nc(CC(C)C)cc1C(=O)N1CCC[C@@]2(CN(C)C(=O)O2)C1. The van der Waals surface area contributed by atoms with Gasteiger partial charge < -0.3 is 14.5 Å². The molecule has 0 aliphatic carbocycles. The molecule has 2 saturated heterocycles. The molecule has 1 aromatic rings. The molecule has 1 aromatic heterocycles. The molecular formula is C18H28N4O3. The first kappa shape index (κ1) is 17.8. The van der Waals surface area contributed by atoms with Crippen molar-refractivity contribution >= 4 is 12.0 Å². The molecule has 0 bridgehead atoms. The number of likely N-dealkylation sites (N-methyl/N-ethyl adjacent to an activating group) is 1.